The molecule has 0 saturated carbocycles. The van der Waals surface area contributed by atoms with Crippen molar-refractivity contribution in [1.29, 1.82) is 0 Å². The summed E-state index contributed by atoms with van der Waals surface area (Å²) in [5.74, 6) is 0.589. The van der Waals surface area contributed by atoms with Gasteiger partial charge in [0.2, 0.25) is 5.91 Å². The van der Waals surface area contributed by atoms with Gasteiger partial charge in [-0.05, 0) is 25.2 Å². The molecule has 0 heterocycles. The van der Waals surface area contributed by atoms with Gasteiger partial charge >= 0.3 is 0 Å². The summed E-state index contributed by atoms with van der Waals surface area (Å²) in [5, 5.41) is 0. The third kappa shape index (κ3) is 5.74. The molecule has 2 aromatic rings. The summed E-state index contributed by atoms with van der Waals surface area (Å²) < 4.78 is 24.2. The second kappa shape index (κ2) is 9.77. The highest BCUT2D eigenvalue weighted by molar-refractivity contribution is 5.78. The van der Waals surface area contributed by atoms with Crippen LogP contribution in [0.3, 0.4) is 0 Å². The summed E-state index contributed by atoms with van der Waals surface area (Å²) in [4.78, 5) is 15.9. The fourth-order valence-corrected chi connectivity index (χ4v) is 2.48. The van der Waals surface area contributed by atoms with Crippen molar-refractivity contribution < 1.29 is 18.7 Å². The minimum absolute atomic E-state index is 0.00991. The Labute approximate surface area is 153 Å². The quantitative estimate of drug-likeness (QED) is 0.690. The smallest absolute Gasteiger partial charge is 0.236 e. The van der Waals surface area contributed by atoms with E-state index in [4.69, 9.17) is 9.47 Å². The van der Waals surface area contributed by atoms with Crippen LogP contribution in [0, 0.1) is 5.82 Å². The average Bonchev–Trinajstić information content (AvgIpc) is 2.63. The Bertz CT molecular complexity index is 724. The average molecular weight is 360 g/mol. The Balaban J connectivity index is 1.78. The molecular formula is C20H25FN2O3. The lowest BCUT2D eigenvalue weighted by Crippen LogP contribution is -2.37. The van der Waals surface area contributed by atoms with E-state index in [2.05, 4.69) is 0 Å². The molecule has 0 unspecified atom stereocenters. The van der Waals surface area contributed by atoms with Crippen LogP contribution in [-0.2, 0) is 11.3 Å². The largest absolute Gasteiger partial charge is 0.496 e. The number of ether oxygens (including phenoxy) is 2. The van der Waals surface area contributed by atoms with Gasteiger partial charge in [-0.25, -0.2) is 4.39 Å². The van der Waals surface area contributed by atoms with Crippen molar-refractivity contribution in [1.82, 2.24) is 9.80 Å². The van der Waals surface area contributed by atoms with E-state index < -0.39 is 0 Å². The number of carbonyl (C=O) groups excluding carboxylic acids is 1. The predicted octanol–water partition coefficient (Wildman–Crippen LogP) is 2.80. The molecule has 0 atom stereocenters. The highest BCUT2D eigenvalue weighted by Crippen LogP contribution is 2.19. The Morgan fingerprint density at radius 3 is 2.38 bits per heavy atom. The Hall–Kier alpha value is -2.60. The number of benzene rings is 2. The number of hydrogen-bond acceptors (Lipinski definition) is 4. The maximum absolute atomic E-state index is 13.5. The van der Waals surface area contributed by atoms with Gasteiger partial charge < -0.3 is 14.4 Å². The molecule has 26 heavy (non-hydrogen) atoms. The number of likely N-dealkylation sites (N-methyl/N-ethyl adjacent to an activating group) is 2. The molecule has 5 nitrogen and oxygen atoms in total. The number of rotatable bonds is 9. The minimum atomic E-state index is -0.386. The van der Waals surface area contributed by atoms with Gasteiger partial charge in [-0.1, -0.05) is 30.3 Å². The third-order valence-corrected chi connectivity index (χ3v) is 4.00. The zero-order valence-electron chi connectivity index (χ0n) is 15.4. The van der Waals surface area contributed by atoms with Crippen LogP contribution in [-0.4, -0.2) is 56.6 Å². The maximum atomic E-state index is 13.5. The molecule has 0 fully saturated rings. The Morgan fingerprint density at radius 2 is 1.69 bits per heavy atom. The van der Waals surface area contributed by atoms with E-state index in [1.54, 1.807) is 37.3 Å². The number of para-hydroxylation sites is 2. The molecule has 1 amide bonds. The molecular weight excluding hydrogens is 335 g/mol. The Kier molecular flexibility index (Phi) is 7.41. The second-order valence-corrected chi connectivity index (χ2v) is 6.08. The molecule has 0 aliphatic rings. The van der Waals surface area contributed by atoms with Crippen LogP contribution in [0.2, 0.25) is 0 Å². The van der Waals surface area contributed by atoms with Gasteiger partial charge in [0.1, 0.15) is 12.4 Å². The lowest BCUT2D eigenvalue weighted by molar-refractivity contribution is -0.131. The molecule has 0 N–H and O–H groups in total. The number of halogens is 1. The van der Waals surface area contributed by atoms with E-state index in [9.17, 15) is 9.18 Å². The number of methoxy groups -OCH3 is 1. The second-order valence-electron chi connectivity index (χ2n) is 6.08. The van der Waals surface area contributed by atoms with Crippen LogP contribution in [0.15, 0.2) is 48.5 Å². The summed E-state index contributed by atoms with van der Waals surface area (Å²) in [5.41, 5.74) is 0.955. The van der Waals surface area contributed by atoms with Crippen molar-refractivity contribution >= 4 is 5.91 Å². The molecule has 0 aliphatic carbocycles. The zero-order valence-corrected chi connectivity index (χ0v) is 15.4. The maximum Gasteiger partial charge on any atom is 0.236 e. The fraction of sp³-hybridized carbons (Fsp3) is 0.350. The van der Waals surface area contributed by atoms with Crippen LogP contribution >= 0.6 is 0 Å². The highest BCUT2D eigenvalue weighted by Gasteiger charge is 2.14. The number of carbonyl (C=O) groups is 1. The SMILES string of the molecule is COc1ccccc1CN(C)C(=O)CN(C)CCOc1ccccc1F. The minimum Gasteiger partial charge on any atom is -0.496 e. The Morgan fingerprint density at radius 1 is 1.04 bits per heavy atom. The third-order valence-electron chi connectivity index (χ3n) is 4.00. The molecule has 2 rings (SSSR count). The molecule has 0 aliphatic heterocycles. The van der Waals surface area contributed by atoms with E-state index in [0.29, 0.717) is 19.7 Å². The van der Waals surface area contributed by atoms with Gasteiger partial charge in [0.15, 0.2) is 11.6 Å². The monoisotopic (exact) mass is 360 g/mol. The van der Waals surface area contributed by atoms with Crippen LogP contribution < -0.4 is 9.47 Å². The van der Waals surface area contributed by atoms with E-state index in [0.717, 1.165) is 11.3 Å². The van der Waals surface area contributed by atoms with Crippen molar-refractivity contribution in [2.45, 2.75) is 6.54 Å². The molecule has 0 bridgehead atoms. The number of amides is 1. The van der Waals surface area contributed by atoms with Crippen molar-refractivity contribution in [3.63, 3.8) is 0 Å². The molecule has 0 saturated heterocycles. The van der Waals surface area contributed by atoms with E-state index in [-0.39, 0.29) is 24.0 Å². The molecule has 140 valence electrons. The standard InChI is InChI=1S/C20H25FN2O3/c1-22(12-13-26-19-11-7-5-9-17(19)21)15-20(24)23(2)14-16-8-4-6-10-18(16)25-3/h4-11H,12-15H2,1-3H3. The number of hydrogen-bond donors (Lipinski definition) is 0. The van der Waals surface area contributed by atoms with Crippen molar-refractivity contribution in [2.24, 2.45) is 0 Å². The molecule has 6 heteroatoms. The van der Waals surface area contributed by atoms with Gasteiger partial charge in [-0.2, -0.15) is 0 Å². The summed E-state index contributed by atoms with van der Waals surface area (Å²) in [6.45, 7) is 1.55. The van der Waals surface area contributed by atoms with Gasteiger partial charge in [0, 0.05) is 25.7 Å². The summed E-state index contributed by atoms with van der Waals surface area (Å²) in [6, 6.07) is 13.9. The lowest BCUT2D eigenvalue weighted by atomic mass is 10.2. The molecule has 0 spiro atoms. The molecule has 0 aromatic heterocycles. The van der Waals surface area contributed by atoms with Gasteiger partial charge in [0.25, 0.3) is 0 Å². The number of nitrogens with zero attached hydrogens (tertiary/aromatic N) is 2. The van der Waals surface area contributed by atoms with Gasteiger partial charge in [-0.3, -0.25) is 9.69 Å². The van der Waals surface area contributed by atoms with E-state index in [1.165, 1.54) is 6.07 Å². The molecule has 2 aromatic carbocycles. The lowest BCUT2D eigenvalue weighted by Gasteiger charge is -2.22. The molecule has 0 radical (unpaired) electrons. The van der Waals surface area contributed by atoms with Gasteiger partial charge in [0.05, 0.1) is 13.7 Å². The zero-order chi connectivity index (χ0) is 18.9. The predicted molar refractivity (Wildman–Crippen MR) is 98.9 cm³/mol. The first-order valence-corrected chi connectivity index (χ1v) is 8.43. The van der Waals surface area contributed by atoms with Crippen LogP contribution in [0.1, 0.15) is 5.56 Å². The van der Waals surface area contributed by atoms with Crippen molar-refractivity contribution in [3.8, 4) is 11.5 Å². The van der Waals surface area contributed by atoms with Gasteiger partial charge in [-0.15, -0.1) is 0 Å². The summed E-state index contributed by atoms with van der Waals surface area (Å²) >= 11 is 0. The highest BCUT2D eigenvalue weighted by atomic mass is 19.1. The normalized spacial score (nSPS) is 10.7. The first kappa shape index (κ1) is 19.7. The van der Waals surface area contributed by atoms with Crippen molar-refractivity contribution in [3.05, 3.63) is 59.9 Å². The summed E-state index contributed by atoms with van der Waals surface area (Å²) in [6.07, 6.45) is 0. The summed E-state index contributed by atoms with van der Waals surface area (Å²) in [7, 11) is 5.21. The van der Waals surface area contributed by atoms with Crippen LogP contribution in [0.25, 0.3) is 0 Å². The van der Waals surface area contributed by atoms with Crippen molar-refractivity contribution in [2.75, 3.05) is 40.9 Å². The first-order chi connectivity index (χ1) is 12.5. The topological polar surface area (TPSA) is 42.0 Å². The van der Waals surface area contributed by atoms with Crippen LogP contribution in [0.5, 0.6) is 11.5 Å². The first-order valence-electron chi connectivity index (χ1n) is 8.43. The van der Waals surface area contributed by atoms with E-state index in [1.807, 2.05) is 36.2 Å². The van der Waals surface area contributed by atoms with E-state index >= 15 is 0 Å². The fourth-order valence-electron chi connectivity index (χ4n) is 2.48. The van der Waals surface area contributed by atoms with Crippen LogP contribution in [0.4, 0.5) is 4.39 Å².